The highest BCUT2D eigenvalue weighted by atomic mass is 16.6. The number of rotatable bonds is 10. The van der Waals surface area contributed by atoms with E-state index in [-0.39, 0.29) is 17.2 Å². The zero-order chi connectivity index (χ0) is 20.7. The zero-order valence-corrected chi connectivity index (χ0v) is 16.7. The Morgan fingerprint density at radius 3 is 2.50 bits per heavy atom. The van der Waals surface area contributed by atoms with Crippen LogP contribution in [-0.2, 0) is 21.6 Å². The van der Waals surface area contributed by atoms with Crippen molar-refractivity contribution in [3.63, 3.8) is 0 Å². The maximum atomic E-state index is 12.8. The number of benzene rings is 2. The summed E-state index contributed by atoms with van der Waals surface area (Å²) in [6.07, 6.45) is 1.96. The monoisotopic (exact) mass is 384 g/mol. The Hall–Kier alpha value is -2.73. The third-order valence-electron chi connectivity index (χ3n) is 4.99. The van der Waals surface area contributed by atoms with E-state index in [1.165, 1.54) is 6.07 Å². The first-order valence-corrected chi connectivity index (χ1v) is 9.43. The molecule has 2 rings (SSSR count). The fourth-order valence-corrected chi connectivity index (χ4v) is 3.26. The lowest BCUT2D eigenvalue weighted by atomic mass is 9.76. The molecule has 6 heteroatoms. The lowest BCUT2D eigenvalue weighted by molar-refractivity contribution is -0.384. The summed E-state index contributed by atoms with van der Waals surface area (Å²) >= 11 is 0. The van der Waals surface area contributed by atoms with E-state index in [4.69, 9.17) is 10.5 Å². The predicted octanol–water partition coefficient (Wildman–Crippen LogP) is 4.72. The number of hydrogen-bond acceptors (Lipinski definition) is 5. The van der Waals surface area contributed by atoms with Gasteiger partial charge in [-0.25, -0.2) is 0 Å². The Kier molecular flexibility index (Phi) is 7.29. The molecule has 2 N–H and O–H groups in total. The summed E-state index contributed by atoms with van der Waals surface area (Å²) in [7, 11) is 0. The number of hydrogen-bond donors (Lipinski definition) is 1. The van der Waals surface area contributed by atoms with Crippen LogP contribution in [-0.4, -0.2) is 17.3 Å². The van der Waals surface area contributed by atoms with Crippen LogP contribution >= 0.6 is 0 Å². The topological polar surface area (TPSA) is 95.5 Å². The van der Waals surface area contributed by atoms with Gasteiger partial charge in [-0.05, 0) is 56.4 Å². The largest absolute Gasteiger partial charge is 0.393 e. The third-order valence-corrected chi connectivity index (χ3v) is 4.99. The lowest BCUT2D eigenvalue weighted by Gasteiger charge is -2.26. The minimum Gasteiger partial charge on any atom is -0.393 e. The Morgan fingerprint density at radius 1 is 1.18 bits per heavy atom. The average Bonchev–Trinajstić information content (AvgIpc) is 2.66. The molecule has 0 saturated carbocycles. The Morgan fingerprint density at radius 2 is 1.86 bits per heavy atom. The predicted molar refractivity (Wildman–Crippen MR) is 110 cm³/mol. The molecule has 0 aliphatic heterocycles. The molecule has 0 heterocycles. The van der Waals surface area contributed by atoms with Crippen LogP contribution in [0.1, 0.15) is 49.8 Å². The van der Waals surface area contributed by atoms with Gasteiger partial charge in [0, 0.05) is 24.5 Å². The maximum Gasteiger partial charge on any atom is 0.292 e. The Bertz CT molecular complexity index is 832. The molecular formula is C22H28N2O4. The van der Waals surface area contributed by atoms with Gasteiger partial charge in [-0.15, -0.1) is 0 Å². The van der Waals surface area contributed by atoms with Gasteiger partial charge in [0.1, 0.15) is 11.5 Å². The molecule has 150 valence electrons. The summed E-state index contributed by atoms with van der Waals surface area (Å²) in [4.78, 5) is 23.3. The number of aryl methyl sites for hydroxylation is 1. The second-order valence-corrected chi connectivity index (χ2v) is 7.53. The van der Waals surface area contributed by atoms with Crippen molar-refractivity contribution < 1.29 is 14.5 Å². The molecule has 0 bridgehead atoms. The highest BCUT2D eigenvalue weighted by Gasteiger charge is 2.32. The SMILES string of the molecule is Cc1cc([N+](=O)[O-])c(N)cc1C(C)(C)C(=O)CCCCOCc1ccccc1. The van der Waals surface area contributed by atoms with Crippen LogP contribution in [0.2, 0.25) is 0 Å². The van der Waals surface area contributed by atoms with E-state index in [1.807, 2.05) is 44.2 Å². The number of ketones is 1. The third kappa shape index (κ3) is 5.39. The van der Waals surface area contributed by atoms with Crippen LogP contribution in [0.3, 0.4) is 0 Å². The summed E-state index contributed by atoms with van der Waals surface area (Å²) in [5, 5.41) is 11.0. The number of Topliss-reactive ketones (excluding diaryl/α,β-unsaturated/α-hetero) is 1. The standard InChI is InChI=1S/C22H28N2O4/c1-16-13-20(24(26)27)19(23)14-18(16)22(2,3)21(25)11-7-8-12-28-15-17-9-5-4-6-10-17/h4-6,9-10,13-14H,7-8,11-12,15,23H2,1-3H3. The normalized spacial score (nSPS) is 11.4. The van der Waals surface area contributed by atoms with Gasteiger partial charge in [0.2, 0.25) is 0 Å². The van der Waals surface area contributed by atoms with Crippen molar-refractivity contribution in [1.29, 1.82) is 0 Å². The van der Waals surface area contributed by atoms with Crippen molar-refractivity contribution in [2.75, 3.05) is 12.3 Å². The smallest absolute Gasteiger partial charge is 0.292 e. The molecule has 28 heavy (non-hydrogen) atoms. The van der Waals surface area contributed by atoms with Gasteiger partial charge in [0.15, 0.2) is 0 Å². The van der Waals surface area contributed by atoms with Gasteiger partial charge < -0.3 is 10.5 Å². The number of nitro groups is 1. The Balaban J connectivity index is 1.87. The summed E-state index contributed by atoms with van der Waals surface area (Å²) in [5.41, 5.74) is 7.60. The number of ether oxygens (including phenoxy) is 1. The molecule has 0 aromatic heterocycles. The Labute approximate surface area is 165 Å². The molecule has 0 amide bonds. The van der Waals surface area contributed by atoms with Crippen molar-refractivity contribution in [3.8, 4) is 0 Å². The summed E-state index contributed by atoms with van der Waals surface area (Å²) in [5.74, 6) is 0.0897. The second-order valence-electron chi connectivity index (χ2n) is 7.53. The maximum absolute atomic E-state index is 12.8. The number of carbonyl (C=O) groups is 1. The van der Waals surface area contributed by atoms with E-state index in [0.29, 0.717) is 25.2 Å². The first-order chi connectivity index (χ1) is 13.2. The van der Waals surface area contributed by atoms with Crippen molar-refractivity contribution in [2.24, 2.45) is 0 Å². The number of anilines is 1. The molecule has 0 aliphatic carbocycles. The molecule has 0 spiro atoms. The molecule has 0 radical (unpaired) electrons. The number of nitro benzene ring substituents is 1. The van der Waals surface area contributed by atoms with Crippen LogP contribution in [0.15, 0.2) is 42.5 Å². The number of nitrogens with zero attached hydrogens (tertiary/aromatic N) is 1. The van der Waals surface area contributed by atoms with Crippen molar-refractivity contribution in [3.05, 3.63) is 69.3 Å². The van der Waals surface area contributed by atoms with Crippen molar-refractivity contribution in [1.82, 2.24) is 0 Å². The number of unbranched alkanes of at least 4 members (excludes halogenated alkanes) is 1. The summed E-state index contributed by atoms with van der Waals surface area (Å²) in [6, 6.07) is 13.0. The molecule has 0 fully saturated rings. The van der Waals surface area contributed by atoms with E-state index in [2.05, 4.69) is 0 Å². The number of nitrogen functional groups attached to an aromatic ring is 1. The summed E-state index contributed by atoms with van der Waals surface area (Å²) < 4.78 is 5.65. The fourth-order valence-electron chi connectivity index (χ4n) is 3.26. The molecule has 2 aromatic rings. The molecule has 0 aliphatic rings. The van der Waals surface area contributed by atoms with Crippen molar-refractivity contribution >= 4 is 17.2 Å². The van der Waals surface area contributed by atoms with E-state index in [9.17, 15) is 14.9 Å². The lowest BCUT2D eigenvalue weighted by Crippen LogP contribution is -2.30. The molecule has 0 saturated heterocycles. The van der Waals surface area contributed by atoms with Gasteiger partial charge >= 0.3 is 0 Å². The van der Waals surface area contributed by atoms with Crippen LogP contribution in [0.4, 0.5) is 11.4 Å². The average molecular weight is 384 g/mol. The van der Waals surface area contributed by atoms with Gasteiger partial charge in [-0.1, -0.05) is 30.3 Å². The van der Waals surface area contributed by atoms with Gasteiger partial charge in [-0.2, -0.15) is 0 Å². The molecule has 2 aromatic carbocycles. The second kappa shape index (κ2) is 9.46. The van der Waals surface area contributed by atoms with Gasteiger partial charge in [0.05, 0.1) is 11.5 Å². The van der Waals surface area contributed by atoms with Crippen LogP contribution in [0.5, 0.6) is 0 Å². The molecule has 0 unspecified atom stereocenters. The molecule has 6 nitrogen and oxygen atoms in total. The van der Waals surface area contributed by atoms with Crippen LogP contribution in [0, 0.1) is 17.0 Å². The first kappa shape index (κ1) is 21.6. The van der Waals surface area contributed by atoms with E-state index >= 15 is 0 Å². The minimum absolute atomic E-state index is 0.0841. The van der Waals surface area contributed by atoms with Crippen LogP contribution in [0.25, 0.3) is 0 Å². The molecular weight excluding hydrogens is 356 g/mol. The van der Waals surface area contributed by atoms with Gasteiger partial charge in [-0.3, -0.25) is 14.9 Å². The van der Waals surface area contributed by atoms with Crippen LogP contribution < -0.4 is 5.73 Å². The fraction of sp³-hybridized carbons (Fsp3) is 0.409. The van der Waals surface area contributed by atoms with Crippen molar-refractivity contribution in [2.45, 2.75) is 52.1 Å². The van der Waals surface area contributed by atoms with E-state index in [0.717, 1.165) is 24.0 Å². The minimum atomic E-state index is -0.752. The number of carbonyl (C=O) groups excluding carboxylic acids is 1. The zero-order valence-electron chi connectivity index (χ0n) is 16.7. The first-order valence-electron chi connectivity index (χ1n) is 9.43. The van der Waals surface area contributed by atoms with E-state index < -0.39 is 10.3 Å². The quantitative estimate of drug-likeness (QED) is 0.277. The van der Waals surface area contributed by atoms with E-state index in [1.54, 1.807) is 13.0 Å². The number of nitrogens with two attached hydrogens (primary N) is 1. The highest BCUT2D eigenvalue weighted by Crippen LogP contribution is 2.34. The van der Waals surface area contributed by atoms with Gasteiger partial charge in [0.25, 0.3) is 5.69 Å². The highest BCUT2D eigenvalue weighted by molar-refractivity contribution is 5.90. The molecule has 0 atom stereocenters. The summed E-state index contributed by atoms with van der Waals surface area (Å²) in [6.45, 7) is 6.63.